The molecule has 1 aromatic heterocycles. The van der Waals surface area contributed by atoms with Crippen molar-refractivity contribution >= 4 is 58.9 Å². The summed E-state index contributed by atoms with van der Waals surface area (Å²) >= 11 is 18.2. The zero-order chi connectivity index (χ0) is 21.8. The summed E-state index contributed by atoms with van der Waals surface area (Å²) < 4.78 is 0. The fourth-order valence-electron chi connectivity index (χ4n) is 3.74. The summed E-state index contributed by atoms with van der Waals surface area (Å²) in [5.41, 5.74) is 3.21. The van der Waals surface area contributed by atoms with Gasteiger partial charge in [-0.1, -0.05) is 34.8 Å². The Kier molecular flexibility index (Phi) is 7.20. The number of halogens is 3. The molecule has 0 atom stereocenters. The lowest BCUT2D eigenvalue weighted by atomic mass is 10.1. The van der Waals surface area contributed by atoms with Crippen LogP contribution in [0.3, 0.4) is 0 Å². The number of phenols is 1. The Bertz CT molecular complexity index is 924. The monoisotopic (exact) mass is 483 g/mol. The third-order valence-electron chi connectivity index (χ3n) is 5.43. The molecule has 0 bridgehead atoms. The summed E-state index contributed by atoms with van der Waals surface area (Å²) in [4.78, 5) is 18.3. The molecule has 0 aliphatic carbocycles. The molecule has 0 saturated carbocycles. The highest BCUT2D eigenvalue weighted by atomic mass is 35.5. The van der Waals surface area contributed by atoms with Gasteiger partial charge in [-0.3, -0.25) is 0 Å². The third-order valence-corrected chi connectivity index (χ3v) is 6.41. The van der Waals surface area contributed by atoms with E-state index < -0.39 is 0 Å². The van der Waals surface area contributed by atoms with Gasteiger partial charge in [0.05, 0.1) is 21.3 Å². The molecule has 2 aromatic rings. The molecule has 166 valence electrons. The fourth-order valence-corrected chi connectivity index (χ4v) is 4.60. The number of benzene rings is 1. The highest BCUT2D eigenvalue weighted by Crippen LogP contribution is 2.38. The van der Waals surface area contributed by atoms with Crippen molar-refractivity contribution in [2.75, 3.05) is 41.4 Å². The molecule has 11 heteroatoms. The Hall–Kier alpha value is -2.03. The van der Waals surface area contributed by atoms with Crippen LogP contribution in [0.1, 0.15) is 44.1 Å². The van der Waals surface area contributed by atoms with Crippen molar-refractivity contribution in [3.05, 3.63) is 26.7 Å². The number of aromatic hydroxyl groups is 1. The van der Waals surface area contributed by atoms with Gasteiger partial charge in [-0.25, -0.2) is 5.43 Å². The second kappa shape index (κ2) is 10.1. The molecule has 31 heavy (non-hydrogen) atoms. The Morgan fingerprint density at radius 2 is 1.39 bits per heavy atom. The van der Waals surface area contributed by atoms with E-state index in [4.69, 9.17) is 39.8 Å². The Morgan fingerprint density at radius 3 is 1.94 bits per heavy atom. The SMILES string of the molecule is Oc1c(Cl)cc(Cl)c(/C=N\Nc2nc(N3CCCCC3)nc(N3CCCCC3)n2)c1Cl. The largest absolute Gasteiger partial charge is 0.505 e. The molecule has 2 saturated heterocycles. The second-order valence-electron chi connectivity index (χ2n) is 7.64. The number of anilines is 3. The normalized spacial score (nSPS) is 17.4. The summed E-state index contributed by atoms with van der Waals surface area (Å²) in [6.07, 6.45) is 8.37. The van der Waals surface area contributed by atoms with Crippen LogP contribution in [0, 0.1) is 0 Å². The van der Waals surface area contributed by atoms with Crippen molar-refractivity contribution in [1.82, 2.24) is 15.0 Å². The van der Waals surface area contributed by atoms with Gasteiger partial charge in [-0.15, -0.1) is 0 Å². The lowest BCUT2D eigenvalue weighted by molar-refractivity contribution is 0.476. The molecule has 2 N–H and O–H groups in total. The highest BCUT2D eigenvalue weighted by molar-refractivity contribution is 6.43. The summed E-state index contributed by atoms with van der Waals surface area (Å²) in [7, 11) is 0. The maximum Gasteiger partial charge on any atom is 0.250 e. The topological polar surface area (TPSA) is 89.8 Å². The Morgan fingerprint density at radius 1 is 0.839 bits per heavy atom. The molecule has 0 spiro atoms. The minimum Gasteiger partial charge on any atom is -0.505 e. The molecule has 0 unspecified atom stereocenters. The number of piperidine rings is 2. The predicted octanol–water partition coefficient (Wildman–Crippen LogP) is 4.96. The Labute approximate surface area is 196 Å². The molecular weight excluding hydrogens is 461 g/mol. The first-order chi connectivity index (χ1) is 15.0. The van der Waals surface area contributed by atoms with Crippen LogP contribution in [0.4, 0.5) is 17.8 Å². The smallest absolute Gasteiger partial charge is 0.250 e. The van der Waals surface area contributed by atoms with Crippen LogP contribution in [0.15, 0.2) is 11.2 Å². The van der Waals surface area contributed by atoms with E-state index in [-0.39, 0.29) is 20.8 Å². The minimum absolute atomic E-state index is 0.0294. The number of nitrogens with zero attached hydrogens (tertiary/aromatic N) is 6. The first kappa shape index (κ1) is 22.2. The van der Waals surface area contributed by atoms with Gasteiger partial charge in [0.15, 0.2) is 5.75 Å². The van der Waals surface area contributed by atoms with E-state index in [2.05, 4.69) is 30.3 Å². The van der Waals surface area contributed by atoms with Crippen LogP contribution in [-0.4, -0.2) is 52.5 Å². The second-order valence-corrected chi connectivity index (χ2v) is 8.83. The van der Waals surface area contributed by atoms with Gasteiger partial charge in [0.2, 0.25) is 17.8 Å². The number of rotatable bonds is 5. The van der Waals surface area contributed by atoms with Gasteiger partial charge in [-0.2, -0.15) is 20.1 Å². The van der Waals surface area contributed by atoms with E-state index in [0.717, 1.165) is 51.9 Å². The third kappa shape index (κ3) is 5.25. The molecule has 0 amide bonds. The van der Waals surface area contributed by atoms with Gasteiger partial charge in [0.1, 0.15) is 0 Å². The number of hydrogen-bond donors (Lipinski definition) is 2. The van der Waals surface area contributed by atoms with Gasteiger partial charge in [0, 0.05) is 31.7 Å². The van der Waals surface area contributed by atoms with E-state index in [1.54, 1.807) is 0 Å². The fraction of sp³-hybridized carbons (Fsp3) is 0.500. The lowest BCUT2D eigenvalue weighted by Crippen LogP contribution is -2.34. The molecule has 2 aliphatic rings. The predicted molar refractivity (Wildman–Crippen MR) is 126 cm³/mol. The first-order valence-electron chi connectivity index (χ1n) is 10.4. The van der Waals surface area contributed by atoms with Crippen molar-refractivity contribution in [3.8, 4) is 5.75 Å². The van der Waals surface area contributed by atoms with Crippen molar-refractivity contribution in [3.63, 3.8) is 0 Å². The highest BCUT2D eigenvalue weighted by Gasteiger charge is 2.20. The molecular formula is C20H24Cl3N7O. The van der Waals surface area contributed by atoms with Crippen molar-refractivity contribution in [1.29, 1.82) is 0 Å². The average molecular weight is 485 g/mol. The zero-order valence-corrected chi connectivity index (χ0v) is 19.3. The van der Waals surface area contributed by atoms with Gasteiger partial charge < -0.3 is 14.9 Å². The van der Waals surface area contributed by atoms with Crippen LogP contribution in [0.5, 0.6) is 5.75 Å². The number of aromatic nitrogens is 3. The van der Waals surface area contributed by atoms with Gasteiger partial charge in [0.25, 0.3) is 0 Å². The molecule has 8 nitrogen and oxygen atoms in total. The number of nitrogens with one attached hydrogen (secondary N) is 1. The summed E-state index contributed by atoms with van der Waals surface area (Å²) in [5, 5.41) is 14.5. The number of hydrazone groups is 1. The van der Waals surface area contributed by atoms with E-state index in [9.17, 15) is 5.11 Å². The van der Waals surface area contributed by atoms with E-state index in [1.807, 2.05) is 0 Å². The maximum absolute atomic E-state index is 9.94. The molecule has 0 radical (unpaired) electrons. The molecule has 2 fully saturated rings. The molecule has 2 aliphatic heterocycles. The van der Waals surface area contributed by atoms with Crippen molar-refractivity contribution in [2.24, 2.45) is 5.10 Å². The minimum atomic E-state index is -0.242. The van der Waals surface area contributed by atoms with E-state index in [0.29, 0.717) is 23.4 Å². The summed E-state index contributed by atoms with van der Waals surface area (Å²) in [6.45, 7) is 3.73. The van der Waals surface area contributed by atoms with Crippen LogP contribution in [0.25, 0.3) is 0 Å². The van der Waals surface area contributed by atoms with Crippen LogP contribution in [-0.2, 0) is 0 Å². The van der Waals surface area contributed by atoms with Crippen molar-refractivity contribution in [2.45, 2.75) is 38.5 Å². The molecule has 4 rings (SSSR count). The zero-order valence-electron chi connectivity index (χ0n) is 17.0. The van der Waals surface area contributed by atoms with Crippen LogP contribution < -0.4 is 15.2 Å². The first-order valence-corrected chi connectivity index (χ1v) is 11.6. The number of phenolic OH excluding ortho intramolecular Hbond substituents is 1. The Balaban J connectivity index is 1.59. The van der Waals surface area contributed by atoms with Gasteiger partial charge in [-0.05, 0) is 44.6 Å². The van der Waals surface area contributed by atoms with E-state index in [1.165, 1.54) is 25.1 Å². The maximum atomic E-state index is 9.94. The summed E-state index contributed by atoms with van der Waals surface area (Å²) in [6, 6.07) is 1.41. The quantitative estimate of drug-likeness (QED) is 0.458. The van der Waals surface area contributed by atoms with E-state index >= 15 is 0 Å². The molecule has 1 aromatic carbocycles. The van der Waals surface area contributed by atoms with Gasteiger partial charge >= 0.3 is 0 Å². The standard InChI is InChI=1S/C20H24Cl3N7O/c21-14-11-15(22)17(31)16(23)13(14)12-24-28-18-25-19(29-7-3-1-4-8-29)27-20(26-18)30-9-5-2-6-10-30/h11-12,31H,1-10H2,(H,25,26,27,28)/b24-12-. The summed E-state index contributed by atoms with van der Waals surface area (Å²) in [5.74, 6) is 1.42. The average Bonchev–Trinajstić information content (AvgIpc) is 2.81. The lowest BCUT2D eigenvalue weighted by Gasteiger charge is -2.30. The van der Waals surface area contributed by atoms with Crippen molar-refractivity contribution < 1.29 is 5.11 Å². The number of hydrogen-bond acceptors (Lipinski definition) is 8. The van der Waals surface area contributed by atoms with Crippen LogP contribution >= 0.6 is 34.8 Å². The van der Waals surface area contributed by atoms with Crippen LogP contribution in [0.2, 0.25) is 15.1 Å². The molecule has 3 heterocycles.